The molecule has 0 atom stereocenters. The minimum atomic E-state index is 0.00673. The molecular formula is C13H15ClN6O. The SMILES string of the molecule is O=C(Nc1cc(-n2cnnn2)ccc1Cl)C1CCNCC1. The standard InChI is InChI=1S/C13H15ClN6O/c14-11-2-1-10(20-8-16-18-19-20)7-12(11)17-13(21)9-3-5-15-6-4-9/h1-2,7-9,15H,3-6H2,(H,17,21). The summed E-state index contributed by atoms with van der Waals surface area (Å²) >= 11 is 6.15. The number of anilines is 1. The molecule has 2 N–H and O–H groups in total. The van der Waals surface area contributed by atoms with Gasteiger partial charge in [0.05, 0.1) is 16.4 Å². The number of rotatable bonds is 3. The molecule has 2 heterocycles. The maximum Gasteiger partial charge on any atom is 0.227 e. The van der Waals surface area contributed by atoms with Gasteiger partial charge in [0, 0.05) is 5.92 Å². The van der Waals surface area contributed by atoms with Gasteiger partial charge in [-0.05, 0) is 54.6 Å². The molecule has 1 saturated heterocycles. The van der Waals surface area contributed by atoms with Crippen molar-refractivity contribution in [2.24, 2.45) is 5.92 Å². The monoisotopic (exact) mass is 306 g/mol. The van der Waals surface area contributed by atoms with Crippen molar-refractivity contribution in [2.75, 3.05) is 18.4 Å². The van der Waals surface area contributed by atoms with Crippen LogP contribution in [0.25, 0.3) is 5.69 Å². The molecule has 0 unspecified atom stereocenters. The van der Waals surface area contributed by atoms with E-state index >= 15 is 0 Å². The Kier molecular flexibility index (Phi) is 4.12. The molecular weight excluding hydrogens is 292 g/mol. The normalized spacial score (nSPS) is 15.9. The Bertz CT molecular complexity index is 624. The Balaban J connectivity index is 1.78. The van der Waals surface area contributed by atoms with Crippen LogP contribution in [-0.4, -0.2) is 39.2 Å². The van der Waals surface area contributed by atoms with E-state index in [9.17, 15) is 4.79 Å². The second-order valence-corrected chi connectivity index (χ2v) is 5.34. The predicted molar refractivity (Wildman–Crippen MR) is 78.4 cm³/mol. The molecule has 8 heteroatoms. The molecule has 1 amide bonds. The molecule has 0 radical (unpaired) electrons. The van der Waals surface area contributed by atoms with E-state index in [2.05, 4.69) is 26.2 Å². The quantitative estimate of drug-likeness (QED) is 0.891. The Morgan fingerprint density at radius 2 is 2.19 bits per heavy atom. The average Bonchev–Trinajstić information content (AvgIpc) is 3.04. The van der Waals surface area contributed by atoms with Crippen molar-refractivity contribution in [1.82, 2.24) is 25.5 Å². The fourth-order valence-corrected chi connectivity index (χ4v) is 2.51. The Morgan fingerprint density at radius 1 is 1.38 bits per heavy atom. The number of tetrazole rings is 1. The minimum absolute atomic E-state index is 0.00673. The molecule has 1 fully saturated rings. The fraction of sp³-hybridized carbons (Fsp3) is 0.385. The van der Waals surface area contributed by atoms with E-state index in [1.165, 1.54) is 11.0 Å². The van der Waals surface area contributed by atoms with Gasteiger partial charge in [-0.2, -0.15) is 0 Å². The molecule has 7 nitrogen and oxygen atoms in total. The van der Waals surface area contributed by atoms with E-state index in [0.29, 0.717) is 10.7 Å². The largest absolute Gasteiger partial charge is 0.324 e. The lowest BCUT2D eigenvalue weighted by Gasteiger charge is -2.22. The minimum Gasteiger partial charge on any atom is -0.324 e. The lowest BCUT2D eigenvalue weighted by molar-refractivity contribution is -0.120. The summed E-state index contributed by atoms with van der Waals surface area (Å²) in [6, 6.07) is 5.27. The molecule has 0 bridgehead atoms. The maximum atomic E-state index is 12.3. The van der Waals surface area contributed by atoms with Crippen LogP contribution in [-0.2, 0) is 4.79 Å². The van der Waals surface area contributed by atoms with Gasteiger partial charge in [0.25, 0.3) is 0 Å². The number of carbonyl (C=O) groups is 1. The van der Waals surface area contributed by atoms with E-state index in [0.717, 1.165) is 31.6 Å². The first-order chi connectivity index (χ1) is 10.2. The molecule has 3 rings (SSSR count). The predicted octanol–water partition coefficient (Wildman–Crippen LogP) is 1.25. The van der Waals surface area contributed by atoms with Gasteiger partial charge >= 0.3 is 0 Å². The van der Waals surface area contributed by atoms with Crippen LogP contribution in [0.4, 0.5) is 5.69 Å². The zero-order valence-corrected chi connectivity index (χ0v) is 12.0. The number of hydrogen-bond acceptors (Lipinski definition) is 5. The van der Waals surface area contributed by atoms with Crippen LogP contribution in [0.3, 0.4) is 0 Å². The lowest BCUT2D eigenvalue weighted by Crippen LogP contribution is -2.34. The van der Waals surface area contributed by atoms with E-state index in [1.54, 1.807) is 18.2 Å². The van der Waals surface area contributed by atoms with Crippen LogP contribution < -0.4 is 10.6 Å². The van der Waals surface area contributed by atoms with Crippen LogP contribution in [0, 0.1) is 5.92 Å². The lowest BCUT2D eigenvalue weighted by atomic mass is 9.97. The summed E-state index contributed by atoms with van der Waals surface area (Å²) < 4.78 is 1.51. The number of amides is 1. The summed E-state index contributed by atoms with van der Waals surface area (Å²) in [5.74, 6) is 0.0336. The number of nitrogens with one attached hydrogen (secondary N) is 2. The molecule has 110 valence electrons. The second kappa shape index (κ2) is 6.19. The number of halogens is 1. The van der Waals surface area contributed by atoms with Crippen molar-refractivity contribution in [2.45, 2.75) is 12.8 Å². The van der Waals surface area contributed by atoms with Crippen LogP contribution in [0.1, 0.15) is 12.8 Å². The highest BCUT2D eigenvalue weighted by Crippen LogP contribution is 2.26. The number of aromatic nitrogens is 4. The highest BCUT2D eigenvalue weighted by Gasteiger charge is 2.21. The van der Waals surface area contributed by atoms with Gasteiger partial charge < -0.3 is 10.6 Å². The molecule has 1 aromatic carbocycles. The van der Waals surface area contributed by atoms with Gasteiger partial charge in [0.2, 0.25) is 5.91 Å². The van der Waals surface area contributed by atoms with Gasteiger partial charge in [-0.25, -0.2) is 4.68 Å². The van der Waals surface area contributed by atoms with Gasteiger partial charge in [-0.15, -0.1) is 5.10 Å². The molecule has 0 spiro atoms. The van der Waals surface area contributed by atoms with Gasteiger partial charge in [-0.3, -0.25) is 4.79 Å². The van der Waals surface area contributed by atoms with Crippen LogP contribution in [0.15, 0.2) is 24.5 Å². The van der Waals surface area contributed by atoms with Gasteiger partial charge in [0.15, 0.2) is 0 Å². The third-order valence-electron chi connectivity index (χ3n) is 3.53. The smallest absolute Gasteiger partial charge is 0.227 e. The van der Waals surface area contributed by atoms with Gasteiger partial charge in [-0.1, -0.05) is 11.6 Å². The molecule has 2 aromatic rings. The van der Waals surface area contributed by atoms with Crippen molar-refractivity contribution in [3.63, 3.8) is 0 Å². The van der Waals surface area contributed by atoms with Crippen molar-refractivity contribution >= 4 is 23.2 Å². The summed E-state index contributed by atoms with van der Waals surface area (Å²) in [7, 11) is 0. The number of piperidine rings is 1. The van der Waals surface area contributed by atoms with Crippen LogP contribution in [0.5, 0.6) is 0 Å². The Hall–Kier alpha value is -1.99. The first-order valence-corrected chi connectivity index (χ1v) is 7.16. The third kappa shape index (κ3) is 3.20. The van der Waals surface area contributed by atoms with E-state index in [4.69, 9.17) is 11.6 Å². The highest BCUT2D eigenvalue weighted by atomic mass is 35.5. The summed E-state index contributed by atoms with van der Waals surface area (Å²) in [5.41, 5.74) is 1.32. The first kappa shape index (κ1) is 14.0. The number of benzene rings is 1. The Labute approximate surface area is 126 Å². The Morgan fingerprint density at radius 3 is 2.90 bits per heavy atom. The van der Waals surface area contributed by atoms with Crippen molar-refractivity contribution in [1.29, 1.82) is 0 Å². The zero-order valence-electron chi connectivity index (χ0n) is 11.3. The summed E-state index contributed by atoms with van der Waals surface area (Å²) in [6.07, 6.45) is 3.17. The second-order valence-electron chi connectivity index (χ2n) is 4.93. The molecule has 1 aliphatic heterocycles. The average molecular weight is 307 g/mol. The van der Waals surface area contributed by atoms with Crippen molar-refractivity contribution < 1.29 is 4.79 Å². The maximum absolute atomic E-state index is 12.3. The van der Waals surface area contributed by atoms with E-state index in [-0.39, 0.29) is 11.8 Å². The van der Waals surface area contributed by atoms with E-state index in [1.807, 2.05) is 0 Å². The number of nitrogens with zero attached hydrogens (tertiary/aromatic N) is 4. The topological polar surface area (TPSA) is 84.7 Å². The summed E-state index contributed by atoms with van der Waals surface area (Å²) in [5, 5.41) is 17.6. The molecule has 0 saturated carbocycles. The number of carbonyl (C=O) groups excluding carboxylic acids is 1. The third-order valence-corrected chi connectivity index (χ3v) is 3.86. The molecule has 21 heavy (non-hydrogen) atoms. The molecule has 1 aromatic heterocycles. The highest BCUT2D eigenvalue weighted by molar-refractivity contribution is 6.33. The zero-order chi connectivity index (χ0) is 14.7. The van der Waals surface area contributed by atoms with Crippen molar-refractivity contribution in [3.05, 3.63) is 29.5 Å². The first-order valence-electron chi connectivity index (χ1n) is 6.78. The number of hydrogen-bond donors (Lipinski definition) is 2. The van der Waals surface area contributed by atoms with Gasteiger partial charge in [0.1, 0.15) is 6.33 Å². The molecule has 0 aliphatic carbocycles. The fourth-order valence-electron chi connectivity index (χ4n) is 2.35. The van der Waals surface area contributed by atoms with Crippen LogP contribution >= 0.6 is 11.6 Å². The summed E-state index contributed by atoms with van der Waals surface area (Å²) in [6.45, 7) is 1.74. The van der Waals surface area contributed by atoms with E-state index < -0.39 is 0 Å². The molecule has 1 aliphatic rings. The van der Waals surface area contributed by atoms with Crippen molar-refractivity contribution in [3.8, 4) is 5.69 Å². The van der Waals surface area contributed by atoms with Crippen LogP contribution in [0.2, 0.25) is 5.02 Å². The summed E-state index contributed by atoms with van der Waals surface area (Å²) in [4.78, 5) is 12.3.